The van der Waals surface area contributed by atoms with Crippen molar-refractivity contribution < 1.29 is 9.53 Å². The largest absolute Gasteiger partial charge is 0.450 e. The van der Waals surface area contributed by atoms with Gasteiger partial charge in [-0.05, 0) is 25.5 Å². The van der Waals surface area contributed by atoms with E-state index in [0.29, 0.717) is 18.2 Å². The first-order valence-corrected chi connectivity index (χ1v) is 5.27. The Labute approximate surface area is 94.4 Å². The molecule has 0 bridgehead atoms. The Hall–Kier alpha value is -1.85. The van der Waals surface area contributed by atoms with E-state index in [1.807, 2.05) is 0 Å². The number of rotatable bonds is 5. The third kappa shape index (κ3) is 4.12. The normalized spacial score (nSPS) is 9.62. The van der Waals surface area contributed by atoms with E-state index in [4.69, 9.17) is 4.74 Å². The third-order valence-electron chi connectivity index (χ3n) is 1.73. The molecule has 16 heavy (non-hydrogen) atoms. The first-order valence-electron chi connectivity index (χ1n) is 5.27. The van der Waals surface area contributed by atoms with E-state index in [0.717, 1.165) is 13.0 Å². The fourth-order valence-corrected chi connectivity index (χ4v) is 1.02. The van der Waals surface area contributed by atoms with Crippen LogP contribution in [-0.4, -0.2) is 29.4 Å². The summed E-state index contributed by atoms with van der Waals surface area (Å²) in [6.45, 7) is 4.98. The zero-order chi connectivity index (χ0) is 11.8. The molecule has 6 nitrogen and oxygen atoms in total. The van der Waals surface area contributed by atoms with Gasteiger partial charge >= 0.3 is 6.09 Å². The number of carbonyl (C=O) groups excluding carboxylic acids is 1. The highest BCUT2D eigenvalue weighted by molar-refractivity contribution is 5.83. The van der Waals surface area contributed by atoms with E-state index >= 15 is 0 Å². The van der Waals surface area contributed by atoms with Crippen molar-refractivity contribution in [3.8, 4) is 0 Å². The number of anilines is 2. The van der Waals surface area contributed by atoms with Gasteiger partial charge in [-0.25, -0.2) is 4.79 Å². The van der Waals surface area contributed by atoms with Crippen LogP contribution in [0.15, 0.2) is 12.1 Å². The molecule has 0 unspecified atom stereocenters. The molecule has 0 aliphatic rings. The molecular weight excluding hydrogens is 208 g/mol. The Morgan fingerprint density at radius 2 is 2.00 bits per heavy atom. The van der Waals surface area contributed by atoms with Gasteiger partial charge in [0.15, 0.2) is 5.82 Å². The van der Waals surface area contributed by atoms with E-state index in [9.17, 15) is 4.79 Å². The van der Waals surface area contributed by atoms with Crippen LogP contribution >= 0.6 is 0 Å². The molecule has 0 saturated heterocycles. The van der Waals surface area contributed by atoms with Crippen LogP contribution in [0.4, 0.5) is 16.4 Å². The predicted molar refractivity (Wildman–Crippen MR) is 61.5 cm³/mol. The van der Waals surface area contributed by atoms with Crippen molar-refractivity contribution in [2.75, 3.05) is 23.8 Å². The van der Waals surface area contributed by atoms with E-state index in [2.05, 4.69) is 27.8 Å². The summed E-state index contributed by atoms with van der Waals surface area (Å²) in [5, 5.41) is 13.3. The lowest BCUT2D eigenvalue weighted by Crippen LogP contribution is -2.14. The monoisotopic (exact) mass is 224 g/mol. The predicted octanol–water partition coefficient (Wildman–Crippen LogP) is 1.87. The highest BCUT2D eigenvalue weighted by Crippen LogP contribution is 2.06. The van der Waals surface area contributed by atoms with Gasteiger partial charge < -0.3 is 10.1 Å². The molecule has 0 radical (unpaired) electrons. The van der Waals surface area contributed by atoms with E-state index in [1.165, 1.54) is 0 Å². The van der Waals surface area contributed by atoms with Crippen LogP contribution in [0.25, 0.3) is 0 Å². The molecule has 88 valence electrons. The Morgan fingerprint density at radius 3 is 2.56 bits per heavy atom. The van der Waals surface area contributed by atoms with Crippen LogP contribution in [-0.2, 0) is 4.74 Å². The van der Waals surface area contributed by atoms with Gasteiger partial charge in [0.1, 0.15) is 5.82 Å². The minimum Gasteiger partial charge on any atom is -0.450 e. The summed E-state index contributed by atoms with van der Waals surface area (Å²) in [5.74, 6) is 1.07. The minimum absolute atomic E-state index is 0.329. The molecule has 1 rings (SSSR count). The second-order valence-electron chi connectivity index (χ2n) is 3.08. The van der Waals surface area contributed by atoms with Crippen molar-refractivity contribution in [1.82, 2.24) is 10.2 Å². The van der Waals surface area contributed by atoms with Crippen LogP contribution in [0, 0.1) is 0 Å². The number of ether oxygens (including phenoxy) is 1. The number of nitrogens with zero attached hydrogens (tertiary/aromatic N) is 2. The highest BCUT2D eigenvalue weighted by atomic mass is 16.5. The average molecular weight is 224 g/mol. The molecule has 0 aromatic carbocycles. The zero-order valence-corrected chi connectivity index (χ0v) is 9.49. The van der Waals surface area contributed by atoms with E-state index in [1.54, 1.807) is 19.1 Å². The summed E-state index contributed by atoms with van der Waals surface area (Å²) in [6, 6.07) is 3.42. The molecule has 1 heterocycles. The number of carbonyl (C=O) groups is 1. The first-order chi connectivity index (χ1) is 7.76. The third-order valence-corrected chi connectivity index (χ3v) is 1.73. The molecule has 1 aromatic heterocycles. The van der Waals surface area contributed by atoms with E-state index in [-0.39, 0.29) is 0 Å². The molecule has 0 spiro atoms. The van der Waals surface area contributed by atoms with Gasteiger partial charge in [0.25, 0.3) is 0 Å². The summed E-state index contributed by atoms with van der Waals surface area (Å²) in [6.07, 6.45) is 0.496. The SMILES string of the molecule is CCCNc1ccc(NC(=O)OCC)nn1. The fourth-order valence-electron chi connectivity index (χ4n) is 1.02. The number of hydrogen-bond acceptors (Lipinski definition) is 5. The number of amides is 1. The summed E-state index contributed by atoms with van der Waals surface area (Å²) >= 11 is 0. The van der Waals surface area contributed by atoms with Crippen molar-refractivity contribution in [2.45, 2.75) is 20.3 Å². The van der Waals surface area contributed by atoms with Crippen molar-refractivity contribution >= 4 is 17.7 Å². The van der Waals surface area contributed by atoms with Crippen LogP contribution in [0.1, 0.15) is 20.3 Å². The minimum atomic E-state index is -0.522. The van der Waals surface area contributed by atoms with Gasteiger partial charge in [-0.3, -0.25) is 5.32 Å². The van der Waals surface area contributed by atoms with Crippen molar-refractivity contribution in [3.63, 3.8) is 0 Å². The Morgan fingerprint density at radius 1 is 1.31 bits per heavy atom. The molecular formula is C10H16N4O2. The maximum atomic E-state index is 11.1. The topological polar surface area (TPSA) is 76.1 Å². The lowest BCUT2D eigenvalue weighted by molar-refractivity contribution is 0.168. The molecule has 6 heteroatoms. The Balaban J connectivity index is 2.47. The van der Waals surface area contributed by atoms with E-state index < -0.39 is 6.09 Å². The molecule has 0 aliphatic carbocycles. The summed E-state index contributed by atoms with van der Waals surface area (Å²) in [5.41, 5.74) is 0. The Bertz CT molecular complexity index is 326. The second kappa shape index (κ2) is 6.60. The quantitative estimate of drug-likeness (QED) is 0.798. The molecule has 0 saturated carbocycles. The molecule has 1 aromatic rings. The van der Waals surface area contributed by atoms with Crippen LogP contribution in [0.2, 0.25) is 0 Å². The second-order valence-corrected chi connectivity index (χ2v) is 3.08. The number of hydrogen-bond donors (Lipinski definition) is 2. The maximum absolute atomic E-state index is 11.1. The smallest absolute Gasteiger partial charge is 0.412 e. The van der Waals surface area contributed by atoms with Gasteiger partial charge in [-0.2, -0.15) is 0 Å². The molecule has 2 N–H and O–H groups in total. The zero-order valence-electron chi connectivity index (χ0n) is 9.49. The van der Waals surface area contributed by atoms with Gasteiger partial charge in [-0.1, -0.05) is 6.92 Å². The van der Waals surface area contributed by atoms with Crippen LogP contribution in [0.5, 0.6) is 0 Å². The number of nitrogens with one attached hydrogen (secondary N) is 2. The van der Waals surface area contributed by atoms with Crippen molar-refractivity contribution in [1.29, 1.82) is 0 Å². The summed E-state index contributed by atoms with van der Waals surface area (Å²) in [7, 11) is 0. The fraction of sp³-hybridized carbons (Fsp3) is 0.500. The Kier molecular flexibility index (Phi) is 5.04. The van der Waals surface area contributed by atoms with Crippen LogP contribution < -0.4 is 10.6 Å². The standard InChI is InChI=1S/C10H16N4O2/c1-3-7-11-8-5-6-9(14-13-8)12-10(15)16-4-2/h5-6H,3-4,7H2,1-2H3,(H,11,13)(H,12,14,15). The molecule has 0 aliphatic heterocycles. The lowest BCUT2D eigenvalue weighted by atomic mass is 10.4. The van der Waals surface area contributed by atoms with Gasteiger partial charge in [0.05, 0.1) is 6.61 Å². The average Bonchev–Trinajstić information content (AvgIpc) is 2.28. The molecule has 1 amide bonds. The first kappa shape index (κ1) is 12.2. The van der Waals surface area contributed by atoms with Crippen LogP contribution in [0.3, 0.4) is 0 Å². The summed E-state index contributed by atoms with van der Waals surface area (Å²) < 4.78 is 4.71. The van der Waals surface area contributed by atoms with Gasteiger partial charge in [0.2, 0.25) is 0 Å². The molecule has 0 atom stereocenters. The highest BCUT2D eigenvalue weighted by Gasteiger charge is 2.03. The van der Waals surface area contributed by atoms with Crippen molar-refractivity contribution in [3.05, 3.63) is 12.1 Å². The molecule has 0 fully saturated rings. The summed E-state index contributed by atoms with van der Waals surface area (Å²) in [4.78, 5) is 11.1. The lowest BCUT2D eigenvalue weighted by Gasteiger charge is -2.05. The van der Waals surface area contributed by atoms with Gasteiger partial charge in [0, 0.05) is 6.54 Å². The van der Waals surface area contributed by atoms with Crippen molar-refractivity contribution in [2.24, 2.45) is 0 Å². The maximum Gasteiger partial charge on any atom is 0.412 e. The van der Waals surface area contributed by atoms with Gasteiger partial charge in [-0.15, -0.1) is 10.2 Å². The number of aromatic nitrogens is 2.